The van der Waals surface area contributed by atoms with E-state index in [1.807, 2.05) is 27.7 Å². The second kappa shape index (κ2) is 8.88. The second-order valence-corrected chi connectivity index (χ2v) is 7.60. The van der Waals surface area contributed by atoms with Crippen molar-refractivity contribution in [1.29, 1.82) is 0 Å². The molecule has 0 bridgehead atoms. The van der Waals surface area contributed by atoms with Crippen LogP contribution in [0.1, 0.15) is 34.1 Å². The van der Waals surface area contributed by atoms with Gasteiger partial charge in [0.25, 0.3) is 5.91 Å². The second-order valence-electron chi connectivity index (χ2n) is 5.89. The number of hydrogen-bond acceptors (Lipinski definition) is 4. The number of sulfonamides is 1. The highest BCUT2D eigenvalue weighted by Crippen LogP contribution is 2.16. The molecule has 0 spiro atoms. The quantitative estimate of drug-likeness (QED) is 0.718. The van der Waals surface area contributed by atoms with E-state index in [-0.39, 0.29) is 23.5 Å². The lowest BCUT2D eigenvalue weighted by Crippen LogP contribution is -2.32. The van der Waals surface area contributed by atoms with Crippen molar-refractivity contribution in [2.24, 2.45) is 5.92 Å². The first kappa shape index (κ1) is 19.4. The number of ether oxygens (including phenoxy) is 1. The number of carbonyl (C=O) groups is 1. The smallest absolute Gasteiger partial charge is 0.257 e. The summed E-state index contributed by atoms with van der Waals surface area (Å²) in [5, 5.41) is 2.75. The van der Waals surface area contributed by atoms with E-state index in [1.165, 1.54) is 12.1 Å². The van der Waals surface area contributed by atoms with E-state index in [0.717, 1.165) is 0 Å². The Bertz CT molecular complexity index is 597. The Morgan fingerprint density at radius 3 is 2.30 bits per heavy atom. The van der Waals surface area contributed by atoms with Crippen LogP contribution in [0, 0.1) is 5.92 Å². The lowest BCUT2D eigenvalue weighted by atomic mass is 10.2. The molecule has 0 aromatic heterocycles. The molecule has 1 atom stereocenters. The number of carbonyl (C=O) groups excluding carboxylic acids is 1. The van der Waals surface area contributed by atoms with Crippen molar-refractivity contribution in [3.8, 4) is 5.75 Å². The van der Waals surface area contributed by atoms with E-state index in [0.29, 0.717) is 24.6 Å². The molecule has 1 aromatic carbocycles. The standard InChI is InChI=1S/C16H26N2O4S/c1-5-13(4)18-23(20,21)15-8-6-14(7-9-15)22-11-16(19)17-10-12(2)3/h6-9,12-13,18H,5,10-11H2,1-4H3,(H,17,19)/t13-/m1/s1. The van der Waals surface area contributed by atoms with Crippen LogP contribution in [0.2, 0.25) is 0 Å². The van der Waals surface area contributed by atoms with Crippen molar-refractivity contribution in [1.82, 2.24) is 10.0 Å². The van der Waals surface area contributed by atoms with Crippen LogP contribution in [0.4, 0.5) is 0 Å². The third-order valence-electron chi connectivity index (χ3n) is 3.18. The molecule has 0 saturated carbocycles. The predicted molar refractivity (Wildman–Crippen MR) is 89.9 cm³/mol. The van der Waals surface area contributed by atoms with Crippen LogP contribution in [-0.4, -0.2) is 33.5 Å². The minimum absolute atomic E-state index is 0.0933. The summed E-state index contributed by atoms with van der Waals surface area (Å²) in [7, 11) is -3.52. The summed E-state index contributed by atoms with van der Waals surface area (Å²) in [5.74, 6) is 0.627. The molecule has 1 aromatic rings. The topological polar surface area (TPSA) is 84.5 Å². The van der Waals surface area contributed by atoms with E-state index in [9.17, 15) is 13.2 Å². The number of benzene rings is 1. The third-order valence-corrected chi connectivity index (χ3v) is 4.79. The zero-order valence-corrected chi connectivity index (χ0v) is 14.9. The van der Waals surface area contributed by atoms with Gasteiger partial charge in [-0.2, -0.15) is 0 Å². The molecule has 0 aliphatic carbocycles. The normalized spacial score (nSPS) is 12.9. The average molecular weight is 342 g/mol. The molecule has 0 aliphatic heterocycles. The number of amides is 1. The Balaban J connectivity index is 2.58. The molecule has 6 nitrogen and oxygen atoms in total. The molecule has 2 N–H and O–H groups in total. The molecular formula is C16H26N2O4S. The summed E-state index contributed by atoms with van der Waals surface area (Å²) in [4.78, 5) is 11.7. The van der Waals surface area contributed by atoms with Crippen LogP contribution in [-0.2, 0) is 14.8 Å². The first-order chi connectivity index (χ1) is 10.7. The Kier molecular flexibility index (Phi) is 7.51. The van der Waals surface area contributed by atoms with Gasteiger partial charge in [-0.25, -0.2) is 13.1 Å². The van der Waals surface area contributed by atoms with Crippen molar-refractivity contribution in [3.05, 3.63) is 24.3 Å². The summed E-state index contributed by atoms with van der Waals surface area (Å²) in [6.07, 6.45) is 0.714. The first-order valence-corrected chi connectivity index (χ1v) is 9.24. The molecule has 130 valence electrons. The highest BCUT2D eigenvalue weighted by molar-refractivity contribution is 7.89. The molecule has 1 amide bonds. The third kappa shape index (κ3) is 7.00. The van der Waals surface area contributed by atoms with E-state index in [1.54, 1.807) is 12.1 Å². The van der Waals surface area contributed by atoms with E-state index >= 15 is 0 Å². The van der Waals surface area contributed by atoms with Gasteiger partial charge in [-0.1, -0.05) is 20.8 Å². The van der Waals surface area contributed by atoms with Crippen molar-refractivity contribution in [3.63, 3.8) is 0 Å². The van der Waals surface area contributed by atoms with Gasteiger partial charge in [0.05, 0.1) is 4.90 Å². The minimum Gasteiger partial charge on any atom is -0.484 e. The van der Waals surface area contributed by atoms with Gasteiger partial charge in [0, 0.05) is 12.6 Å². The molecule has 7 heteroatoms. The van der Waals surface area contributed by atoms with Crippen molar-refractivity contribution in [2.45, 2.75) is 45.1 Å². The molecule has 23 heavy (non-hydrogen) atoms. The van der Waals surface area contributed by atoms with Gasteiger partial charge in [-0.15, -0.1) is 0 Å². The van der Waals surface area contributed by atoms with E-state index in [2.05, 4.69) is 10.0 Å². The van der Waals surface area contributed by atoms with E-state index in [4.69, 9.17) is 4.74 Å². The van der Waals surface area contributed by atoms with Gasteiger partial charge in [0.15, 0.2) is 6.61 Å². The van der Waals surface area contributed by atoms with Crippen LogP contribution in [0.15, 0.2) is 29.2 Å². The maximum Gasteiger partial charge on any atom is 0.257 e. The predicted octanol–water partition coefficient (Wildman–Crippen LogP) is 1.91. The summed E-state index contributed by atoms with van der Waals surface area (Å²) in [5.41, 5.74) is 0. The number of hydrogen-bond donors (Lipinski definition) is 2. The van der Waals surface area contributed by atoms with Crippen LogP contribution in [0.25, 0.3) is 0 Å². The minimum atomic E-state index is -3.52. The van der Waals surface area contributed by atoms with Gasteiger partial charge in [0.1, 0.15) is 5.75 Å². The maximum atomic E-state index is 12.1. The van der Waals surface area contributed by atoms with Crippen molar-refractivity contribution >= 4 is 15.9 Å². The van der Waals surface area contributed by atoms with Crippen LogP contribution >= 0.6 is 0 Å². The molecule has 0 aliphatic rings. The Hall–Kier alpha value is -1.60. The lowest BCUT2D eigenvalue weighted by molar-refractivity contribution is -0.123. The fraction of sp³-hybridized carbons (Fsp3) is 0.562. The van der Waals surface area contributed by atoms with Gasteiger partial charge < -0.3 is 10.1 Å². The molecule has 0 heterocycles. The Morgan fingerprint density at radius 2 is 1.78 bits per heavy atom. The Labute approximate surface area is 138 Å². The van der Waals surface area contributed by atoms with Gasteiger partial charge >= 0.3 is 0 Å². The maximum absolute atomic E-state index is 12.1. The summed E-state index contributed by atoms with van der Waals surface area (Å²) < 4.78 is 32.2. The summed E-state index contributed by atoms with van der Waals surface area (Å²) in [6, 6.07) is 5.89. The van der Waals surface area contributed by atoms with Gasteiger partial charge in [-0.05, 0) is 43.5 Å². The highest BCUT2D eigenvalue weighted by atomic mass is 32.2. The zero-order chi connectivity index (χ0) is 17.5. The van der Waals surface area contributed by atoms with Gasteiger partial charge in [-0.3, -0.25) is 4.79 Å². The Morgan fingerprint density at radius 1 is 1.17 bits per heavy atom. The SMILES string of the molecule is CC[C@@H](C)NS(=O)(=O)c1ccc(OCC(=O)NCC(C)C)cc1. The van der Waals surface area contributed by atoms with Crippen molar-refractivity contribution < 1.29 is 17.9 Å². The monoisotopic (exact) mass is 342 g/mol. The average Bonchev–Trinajstić information content (AvgIpc) is 2.50. The highest BCUT2D eigenvalue weighted by Gasteiger charge is 2.16. The van der Waals surface area contributed by atoms with Crippen LogP contribution in [0.3, 0.4) is 0 Å². The zero-order valence-electron chi connectivity index (χ0n) is 14.1. The van der Waals surface area contributed by atoms with Crippen LogP contribution < -0.4 is 14.8 Å². The summed E-state index contributed by atoms with van der Waals surface area (Å²) >= 11 is 0. The summed E-state index contributed by atoms with van der Waals surface area (Å²) in [6.45, 7) is 8.24. The van der Waals surface area contributed by atoms with Gasteiger partial charge in [0.2, 0.25) is 10.0 Å². The number of nitrogens with one attached hydrogen (secondary N) is 2. The van der Waals surface area contributed by atoms with Crippen molar-refractivity contribution in [2.75, 3.05) is 13.2 Å². The van der Waals surface area contributed by atoms with E-state index < -0.39 is 10.0 Å². The largest absolute Gasteiger partial charge is 0.484 e. The number of rotatable bonds is 9. The first-order valence-electron chi connectivity index (χ1n) is 7.76. The molecule has 0 unspecified atom stereocenters. The molecule has 0 saturated heterocycles. The lowest BCUT2D eigenvalue weighted by Gasteiger charge is -2.13. The van der Waals surface area contributed by atoms with Crippen LogP contribution in [0.5, 0.6) is 5.75 Å². The molecule has 1 rings (SSSR count). The molecule has 0 fully saturated rings. The fourth-order valence-electron chi connectivity index (χ4n) is 1.65. The fourth-order valence-corrected chi connectivity index (χ4v) is 2.98. The molecule has 0 radical (unpaired) electrons. The molecular weight excluding hydrogens is 316 g/mol.